The van der Waals surface area contributed by atoms with E-state index in [1.54, 1.807) is 0 Å². The normalized spacial score (nSPS) is 21.9. The Balaban J connectivity index is 1.93. The summed E-state index contributed by atoms with van der Waals surface area (Å²) in [5, 5.41) is -0.379. The summed E-state index contributed by atoms with van der Waals surface area (Å²) in [6.45, 7) is 0.696. The summed E-state index contributed by atoms with van der Waals surface area (Å²) in [5.41, 5.74) is 2.31. The summed E-state index contributed by atoms with van der Waals surface area (Å²) in [6.07, 6.45) is 3.04. The summed E-state index contributed by atoms with van der Waals surface area (Å²) >= 11 is 5.57. The molecule has 0 aromatic heterocycles. The van der Waals surface area contributed by atoms with Crippen molar-refractivity contribution in [2.75, 3.05) is 6.54 Å². The fourth-order valence-electron chi connectivity index (χ4n) is 2.85. The van der Waals surface area contributed by atoms with Crippen LogP contribution in [0.3, 0.4) is 0 Å². The van der Waals surface area contributed by atoms with Gasteiger partial charge in [-0.25, -0.2) is 0 Å². The highest BCUT2D eigenvalue weighted by atomic mass is 35.5. The van der Waals surface area contributed by atoms with E-state index < -0.39 is 0 Å². The average Bonchev–Trinajstić information content (AvgIpc) is 3.22. The molecule has 0 bridgehead atoms. The molecule has 1 aliphatic heterocycles. The maximum absolute atomic E-state index is 12.3. The van der Waals surface area contributed by atoms with E-state index >= 15 is 0 Å². The highest BCUT2D eigenvalue weighted by Crippen LogP contribution is 2.38. The molecule has 1 unspecified atom stereocenters. The molecule has 1 fully saturated rings. The van der Waals surface area contributed by atoms with Gasteiger partial charge in [0.05, 0.1) is 6.04 Å². The number of hydrogen-bond donors (Lipinski definition) is 0. The second-order valence-corrected chi connectivity index (χ2v) is 5.75. The van der Waals surface area contributed by atoms with Gasteiger partial charge < -0.3 is 4.90 Å². The van der Waals surface area contributed by atoms with Gasteiger partial charge in [-0.2, -0.15) is 0 Å². The summed E-state index contributed by atoms with van der Waals surface area (Å²) < 4.78 is 0. The molecule has 1 amide bonds. The number of benzene rings is 1. The Morgan fingerprint density at radius 2 is 2.00 bits per heavy atom. The smallest absolute Gasteiger partial charge is 0.226 e. The van der Waals surface area contributed by atoms with Crippen LogP contribution in [-0.4, -0.2) is 22.6 Å². The van der Waals surface area contributed by atoms with E-state index in [0.717, 1.165) is 24.8 Å². The Morgan fingerprint density at radius 3 is 2.68 bits per heavy atom. The lowest BCUT2D eigenvalue weighted by molar-refractivity contribution is -0.136. The van der Waals surface area contributed by atoms with Crippen LogP contribution >= 0.6 is 11.6 Å². The van der Waals surface area contributed by atoms with Crippen molar-refractivity contribution in [1.82, 2.24) is 4.90 Å². The Labute approximate surface area is 117 Å². The van der Waals surface area contributed by atoms with E-state index in [9.17, 15) is 9.59 Å². The van der Waals surface area contributed by atoms with Gasteiger partial charge in [-0.3, -0.25) is 9.59 Å². The molecule has 1 aromatic rings. The van der Waals surface area contributed by atoms with Crippen molar-refractivity contribution >= 4 is 22.8 Å². The first kappa shape index (κ1) is 12.7. The minimum atomic E-state index is -0.379. The van der Waals surface area contributed by atoms with E-state index in [2.05, 4.69) is 6.07 Å². The first-order valence-electron chi connectivity index (χ1n) is 6.73. The van der Waals surface area contributed by atoms with E-state index in [4.69, 9.17) is 11.6 Å². The topological polar surface area (TPSA) is 37.4 Å². The number of fused-ring (bicyclic) bond motifs is 1. The summed E-state index contributed by atoms with van der Waals surface area (Å²) in [4.78, 5) is 25.5. The molecule has 1 aliphatic carbocycles. The number of nitrogens with zero attached hydrogens (tertiary/aromatic N) is 1. The highest BCUT2D eigenvalue weighted by molar-refractivity contribution is 6.63. The Hall–Kier alpha value is -1.35. The maximum Gasteiger partial charge on any atom is 0.226 e. The summed E-state index contributed by atoms with van der Waals surface area (Å²) in [7, 11) is 0. The van der Waals surface area contributed by atoms with Crippen LogP contribution < -0.4 is 0 Å². The van der Waals surface area contributed by atoms with Crippen molar-refractivity contribution in [2.45, 2.75) is 31.7 Å². The Kier molecular flexibility index (Phi) is 3.31. The number of carbonyl (C=O) groups excluding carboxylic acids is 2. The minimum absolute atomic E-state index is 0.178. The molecule has 100 valence electrons. The zero-order valence-corrected chi connectivity index (χ0v) is 11.4. The number of carbonyl (C=O) groups is 2. The number of rotatable bonds is 3. The zero-order valence-electron chi connectivity index (χ0n) is 10.6. The number of halogens is 1. The Morgan fingerprint density at radius 1 is 1.26 bits per heavy atom. The first-order chi connectivity index (χ1) is 9.16. The van der Waals surface area contributed by atoms with Crippen LogP contribution in [0.5, 0.6) is 0 Å². The van der Waals surface area contributed by atoms with E-state index in [1.165, 1.54) is 5.56 Å². The third-order valence-electron chi connectivity index (χ3n) is 3.98. The van der Waals surface area contributed by atoms with Crippen LogP contribution in [-0.2, 0) is 16.0 Å². The highest BCUT2D eigenvalue weighted by Gasteiger charge is 2.39. The van der Waals surface area contributed by atoms with Gasteiger partial charge in [0.15, 0.2) is 0 Å². The van der Waals surface area contributed by atoms with Gasteiger partial charge in [0.2, 0.25) is 11.1 Å². The molecule has 3 rings (SSSR count). The largest absolute Gasteiger partial charge is 0.335 e. The Bertz CT molecular complexity index is 525. The van der Waals surface area contributed by atoms with Crippen molar-refractivity contribution in [3.8, 4) is 0 Å². The predicted octanol–water partition coefficient (Wildman–Crippen LogP) is 2.68. The van der Waals surface area contributed by atoms with Crippen LogP contribution in [0.4, 0.5) is 0 Å². The van der Waals surface area contributed by atoms with E-state index in [-0.39, 0.29) is 29.5 Å². The lowest BCUT2D eigenvalue weighted by Gasteiger charge is -2.37. The van der Waals surface area contributed by atoms with Gasteiger partial charge in [0, 0.05) is 18.9 Å². The van der Waals surface area contributed by atoms with Crippen LogP contribution in [0.15, 0.2) is 24.3 Å². The minimum Gasteiger partial charge on any atom is -0.335 e. The summed E-state index contributed by atoms with van der Waals surface area (Å²) in [5.74, 6) is 0.371. The van der Waals surface area contributed by atoms with Gasteiger partial charge in [0.25, 0.3) is 0 Å². The lowest BCUT2D eigenvalue weighted by Crippen LogP contribution is -2.41. The standard InChI is InChI=1S/C15H16ClNO2/c16-14(18)9-13-12-4-2-1-3-10(12)7-8-17(13)15(19)11-5-6-11/h1-4,11,13H,5-9H2. The number of hydrogen-bond acceptors (Lipinski definition) is 2. The van der Waals surface area contributed by atoms with Crippen LogP contribution in [0, 0.1) is 5.92 Å². The van der Waals surface area contributed by atoms with Crippen LogP contribution in [0.2, 0.25) is 0 Å². The van der Waals surface area contributed by atoms with Crippen molar-refractivity contribution in [1.29, 1.82) is 0 Å². The van der Waals surface area contributed by atoms with Crippen molar-refractivity contribution in [2.24, 2.45) is 5.92 Å². The van der Waals surface area contributed by atoms with Gasteiger partial charge in [-0.1, -0.05) is 24.3 Å². The number of amides is 1. The molecule has 19 heavy (non-hydrogen) atoms. The molecule has 4 heteroatoms. The molecule has 2 aliphatic rings. The SMILES string of the molecule is O=C(Cl)CC1c2ccccc2CCN1C(=O)C1CC1. The molecular formula is C15H16ClNO2. The van der Waals surface area contributed by atoms with Gasteiger partial charge in [-0.05, 0) is 42.0 Å². The molecule has 0 radical (unpaired) electrons. The first-order valence-corrected chi connectivity index (χ1v) is 7.11. The van der Waals surface area contributed by atoms with Gasteiger partial charge in [-0.15, -0.1) is 0 Å². The zero-order chi connectivity index (χ0) is 13.4. The molecule has 1 aromatic carbocycles. The molecule has 0 N–H and O–H groups in total. The molecular weight excluding hydrogens is 262 g/mol. The maximum atomic E-state index is 12.3. The van der Waals surface area contributed by atoms with E-state index in [0.29, 0.717) is 6.54 Å². The fraction of sp³-hybridized carbons (Fsp3) is 0.467. The molecule has 0 spiro atoms. The molecule has 0 saturated heterocycles. The quantitative estimate of drug-likeness (QED) is 0.797. The predicted molar refractivity (Wildman–Crippen MR) is 72.8 cm³/mol. The van der Waals surface area contributed by atoms with Crippen LogP contribution in [0.25, 0.3) is 0 Å². The van der Waals surface area contributed by atoms with Gasteiger partial charge >= 0.3 is 0 Å². The average molecular weight is 278 g/mol. The molecule has 1 atom stereocenters. The van der Waals surface area contributed by atoms with Crippen molar-refractivity contribution in [3.63, 3.8) is 0 Å². The third kappa shape index (κ3) is 2.52. The van der Waals surface area contributed by atoms with Crippen molar-refractivity contribution < 1.29 is 9.59 Å². The summed E-state index contributed by atoms with van der Waals surface area (Å²) in [6, 6.07) is 7.85. The van der Waals surface area contributed by atoms with Crippen molar-refractivity contribution in [3.05, 3.63) is 35.4 Å². The third-order valence-corrected chi connectivity index (χ3v) is 4.13. The molecule has 1 heterocycles. The second-order valence-electron chi connectivity index (χ2n) is 5.33. The van der Waals surface area contributed by atoms with E-state index in [1.807, 2.05) is 23.1 Å². The molecule has 3 nitrogen and oxygen atoms in total. The second kappa shape index (κ2) is 4.97. The monoisotopic (exact) mass is 277 g/mol. The van der Waals surface area contributed by atoms with Gasteiger partial charge in [0.1, 0.15) is 0 Å². The lowest BCUT2D eigenvalue weighted by atomic mass is 9.90. The van der Waals surface area contributed by atoms with Crippen LogP contribution in [0.1, 0.15) is 36.4 Å². The molecule has 1 saturated carbocycles. The fourth-order valence-corrected chi connectivity index (χ4v) is 3.00.